The van der Waals surface area contributed by atoms with Crippen molar-refractivity contribution in [3.63, 3.8) is 0 Å². The van der Waals surface area contributed by atoms with Crippen molar-refractivity contribution < 1.29 is 28.6 Å². The van der Waals surface area contributed by atoms with Gasteiger partial charge in [-0.3, -0.25) is 14.4 Å². The van der Waals surface area contributed by atoms with Gasteiger partial charge in [0.2, 0.25) is 0 Å². The monoisotopic (exact) mass is 1080 g/mol. The Hall–Kier alpha value is -3.93. The van der Waals surface area contributed by atoms with E-state index < -0.39 is 6.10 Å². The summed E-state index contributed by atoms with van der Waals surface area (Å²) in [6.45, 7) is 6.43. The summed E-state index contributed by atoms with van der Waals surface area (Å²) in [5.41, 5.74) is 0. The highest BCUT2D eigenvalue weighted by Crippen LogP contribution is 2.16. The second-order valence-corrected chi connectivity index (χ2v) is 21.6. The predicted octanol–water partition coefficient (Wildman–Crippen LogP) is 22.6. The molecular formula is C72H122O6. The van der Waals surface area contributed by atoms with E-state index in [1.165, 1.54) is 154 Å². The quantitative estimate of drug-likeness (QED) is 0.0261. The number of rotatable bonds is 59. The van der Waals surface area contributed by atoms with Crippen molar-refractivity contribution in [1.29, 1.82) is 0 Å². The Labute approximate surface area is 482 Å². The largest absolute Gasteiger partial charge is 0.462 e. The topological polar surface area (TPSA) is 78.9 Å². The molecule has 0 N–H and O–H groups in total. The maximum atomic E-state index is 12.9. The molecule has 0 aliphatic carbocycles. The SMILES string of the molecule is CC/C=C\C/C=C\C/C=C\C/C=C\C/C=C\C/C=C\C/C=C\CCCC(=O)OC(COC(=O)CCCCCCC/C=C\CCC)COC(=O)CCCCCCCCCCCCCCCCC/C=C\CCCCCCCCCC. The Balaban J connectivity index is 4.30. The summed E-state index contributed by atoms with van der Waals surface area (Å²) in [5, 5.41) is 0. The molecule has 0 aliphatic heterocycles. The zero-order valence-electron chi connectivity index (χ0n) is 51.2. The first-order valence-corrected chi connectivity index (χ1v) is 32.9. The molecule has 1 atom stereocenters. The van der Waals surface area contributed by atoms with Crippen molar-refractivity contribution >= 4 is 17.9 Å². The summed E-state index contributed by atoms with van der Waals surface area (Å²) in [5.74, 6) is -0.969. The number of ether oxygens (including phenoxy) is 3. The highest BCUT2D eigenvalue weighted by atomic mass is 16.6. The fourth-order valence-corrected chi connectivity index (χ4v) is 9.08. The minimum absolute atomic E-state index is 0.103. The van der Waals surface area contributed by atoms with Gasteiger partial charge in [-0.25, -0.2) is 0 Å². The number of hydrogen-bond donors (Lipinski definition) is 0. The van der Waals surface area contributed by atoms with E-state index in [1.807, 2.05) is 0 Å². The Morgan fingerprint density at radius 2 is 0.538 bits per heavy atom. The molecule has 0 rings (SSSR count). The second-order valence-electron chi connectivity index (χ2n) is 21.6. The Morgan fingerprint density at radius 3 is 0.885 bits per heavy atom. The van der Waals surface area contributed by atoms with Crippen LogP contribution < -0.4 is 0 Å². The lowest BCUT2D eigenvalue weighted by atomic mass is 10.0. The van der Waals surface area contributed by atoms with Crippen molar-refractivity contribution in [2.45, 2.75) is 316 Å². The molecule has 0 aromatic heterocycles. The van der Waals surface area contributed by atoms with Crippen molar-refractivity contribution in [3.05, 3.63) is 109 Å². The Morgan fingerprint density at radius 1 is 0.269 bits per heavy atom. The molecule has 446 valence electrons. The molecule has 0 aliphatic rings. The maximum absolute atomic E-state index is 12.9. The average Bonchev–Trinajstić information content (AvgIpc) is 3.44. The first kappa shape index (κ1) is 74.1. The van der Waals surface area contributed by atoms with Gasteiger partial charge in [0.25, 0.3) is 0 Å². The van der Waals surface area contributed by atoms with Gasteiger partial charge in [-0.15, -0.1) is 0 Å². The van der Waals surface area contributed by atoms with Crippen molar-refractivity contribution in [1.82, 2.24) is 0 Å². The summed E-state index contributed by atoms with van der Waals surface area (Å²) < 4.78 is 16.8. The Kier molecular flexibility index (Phi) is 62.3. The van der Waals surface area contributed by atoms with E-state index >= 15 is 0 Å². The molecule has 6 heteroatoms. The number of esters is 3. The molecule has 0 heterocycles. The molecule has 0 aromatic rings. The van der Waals surface area contributed by atoms with Crippen LogP contribution in [0, 0.1) is 0 Å². The van der Waals surface area contributed by atoms with Gasteiger partial charge in [-0.05, 0) is 116 Å². The third-order valence-corrected chi connectivity index (χ3v) is 14.0. The molecule has 78 heavy (non-hydrogen) atoms. The van der Waals surface area contributed by atoms with Crippen molar-refractivity contribution in [3.8, 4) is 0 Å². The van der Waals surface area contributed by atoms with Gasteiger partial charge in [0.05, 0.1) is 0 Å². The highest BCUT2D eigenvalue weighted by molar-refractivity contribution is 5.71. The summed E-state index contributed by atoms with van der Waals surface area (Å²) in [4.78, 5) is 38.2. The highest BCUT2D eigenvalue weighted by Gasteiger charge is 2.19. The van der Waals surface area contributed by atoms with Crippen molar-refractivity contribution in [2.24, 2.45) is 0 Å². The number of unbranched alkanes of at least 4 members (excludes halogenated alkanes) is 30. The molecular weight excluding hydrogens is 961 g/mol. The summed E-state index contributed by atoms with van der Waals surface area (Å²) >= 11 is 0. The molecule has 0 amide bonds. The van der Waals surface area contributed by atoms with Crippen LogP contribution in [0.4, 0.5) is 0 Å². The van der Waals surface area contributed by atoms with Crippen LogP contribution in [0.2, 0.25) is 0 Å². The normalized spacial score (nSPS) is 12.8. The van der Waals surface area contributed by atoms with E-state index in [0.29, 0.717) is 19.3 Å². The van der Waals surface area contributed by atoms with Gasteiger partial charge in [0.15, 0.2) is 6.10 Å². The number of allylic oxidation sites excluding steroid dienone is 18. The number of carbonyl (C=O) groups is 3. The zero-order chi connectivity index (χ0) is 56.4. The molecule has 0 radical (unpaired) electrons. The fraction of sp³-hybridized carbons (Fsp3) is 0.708. The number of carbonyl (C=O) groups excluding carboxylic acids is 3. The van der Waals surface area contributed by atoms with Crippen LogP contribution in [-0.2, 0) is 28.6 Å². The second kappa shape index (κ2) is 65.6. The van der Waals surface area contributed by atoms with Gasteiger partial charge >= 0.3 is 17.9 Å². The van der Waals surface area contributed by atoms with Gasteiger partial charge in [0.1, 0.15) is 13.2 Å². The summed E-state index contributed by atoms with van der Waals surface area (Å²) in [7, 11) is 0. The van der Waals surface area contributed by atoms with E-state index in [0.717, 1.165) is 109 Å². The molecule has 0 spiro atoms. The lowest BCUT2D eigenvalue weighted by Crippen LogP contribution is -2.30. The zero-order valence-corrected chi connectivity index (χ0v) is 51.2. The fourth-order valence-electron chi connectivity index (χ4n) is 9.08. The standard InChI is InChI=1S/C72H122O6/c1-4-7-10-13-16-19-22-24-26-28-30-32-34-35-36-37-39-40-42-44-46-48-50-53-56-59-62-65-71(74)77-68-69(67-76-70(73)64-61-58-55-52-21-18-15-12-9-6-3)78-72(75)66-63-60-57-54-51-49-47-45-43-41-38-33-31-29-27-25-23-20-17-14-11-8-5-2/h8,11-12,15,17,20,25,27-28,30-31,33,41,43,47,49,54,57,69H,4-7,9-10,13-14,16,18-19,21-24,26,29,32,34-40,42,44-46,48,50-53,55-56,58-68H2,1-3H3/b11-8-,15-12-,20-17-,27-25-,30-28-,33-31-,43-41-,49-47-,57-54-. The molecule has 0 fully saturated rings. The van der Waals surface area contributed by atoms with E-state index in [1.54, 1.807) is 0 Å². The molecule has 0 saturated heterocycles. The van der Waals surface area contributed by atoms with E-state index in [9.17, 15) is 14.4 Å². The predicted molar refractivity (Wildman–Crippen MR) is 339 cm³/mol. The van der Waals surface area contributed by atoms with E-state index in [2.05, 4.69) is 130 Å². The van der Waals surface area contributed by atoms with Crippen LogP contribution in [0.25, 0.3) is 0 Å². The molecule has 6 nitrogen and oxygen atoms in total. The summed E-state index contributed by atoms with van der Waals surface area (Å²) in [6, 6.07) is 0. The van der Waals surface area contributed by atoms with Crippen LogP contribution in [0.1, 0.15) is 310 Å². The number of hydrogen-bond acceptors (Lipinski definition) is 6. The maximum Gasteiger partial charge on any atom is 0.306 e. The minimum atomic E-state index is -0.813. The van der Waals surface area contributed by atoms with Gasteiger partial charge in [-0.1, -0.05) is 284 Å². The average molecular weight is 1080 g/mol. The van der Waals surface area contributed by atoms with E-state index in [4.69, 9.17) is 14.2 Å². The molecule has 0 saturated carbocycles. The van der Waals surface area contributed by atoms with Crippen molar-refractivity contribution in [2.75, 3.05) is 13.2 Å². The molecule has 0 aromatic carbocycles. The van der Waals surface area contributed by atoms with Crippen LogP contribution in [0.3, 0.4) is 0 Å². The smallest absolute Gasteiger partial charge is 0.306 e. The Bertz CT molecular complexity index is 1570. The van der Waals surface area contributed by atoms with Crippen LogP contribution >= 0.6 is 0 Å². The van der Waals surface area contributed by atoms with Crippen LogP contribution in [-0.4, -0.2) is 37.2 Å². The lowest BCUT2D eigenvalue weighted by Gasteiger charge is -2.18. The van der Waals surface area contributed by atoms with Gasteiger partial charge in [-0.2, -0.15) is 0 Å². The van der Waals surface area contributed by atoms with Gasteiger partial charge < -0.3 is 14.2 Å². The minimum Gasteiger partial charge on any atom is -0.462 e. The third-order valence-electron chi connectivity index (χ3n) is 14.0. The van der Waals surface area contributed by atoms with Crippen LogP contribution in [0.5, 0.6) is 0 Å². The lowest BCUT2D eigenvalue weighted by molar-refractivity contribution is -0.167. The molecule has 0 bridgehead atoms. The first-order valence-electron chi connectivity index (χ1n) is 32.9. The summed E-state index contributed by atoms with van der Waals surface area (Å²) in [6.07, 6.45) is 89.8. The third kappa shape index (κ3) is 62.9. The van der Waals surface area contributed by atoms with Gasteiger partial charge in [0, 0.05) is 19.3 Å². The van der Waals surface area contributed by atoms with E-state index in [-0.39, 0.29) is 37.5 Å². The molecule has 1 unspecified atom stereocenters. The first-order chi connectivity index (χ1) is 38.5. The van der Waals surface area contributed by atoms with Crippen LogP contribution in [0.15, 0.2) is 109 Å².